The highest BCUT2D eigenvalue weighted by molar-refractivity contribution is 7.82. The van der Waals surface area contributed by atoms with E-state index in [9.17, 15) is 53.8 Å². The van der Waals surface area contributed by atoms with Gasteiger partial charge in [0.25, 0.3) is 9.68 Å². The monoisotopic (exact) mass is 1460 g/mol. The van der Waals surface area contributed by atoms with Crippen LogP contribution in [-0.4, -0.2) is 119 Å². The molecule has 6 aromatic rings. The van der Waals surface area contributed by atoms with Crippen LogP contribution >= 0.6 is 130 Å². The van der Waals surface area contributed by atoms with E-state index in [0.717, 1.165) is 35.7 Å². The Bertz CT molecular complexity index is 3120. The first-order chi connectivity index (χ1) is 41.4. The van der Waals surface area contributed by atoms with Gasteiger partial charge >= 0.3 is 11.2 Å². The summed E-state index contributed by atoms with van der Waals surface area (Å²) in [6, 6.07) is 26.5. The molecule has 0 heterocycles. The average molecular weight is 1460 g/mol. The van der Waals surface area contributed by atoms with E-state index in [1.807, 2.05) is 29.2 Å². The Balaban J connectivity index is 0.000000419. The number of rotatable bonds is 23. The van der Waals surface area contributed by atoms with E-state index >= 15 is 0 Å². The molecule has 0 aromatic heterocycles. The lowest BCUT2D eigenvalue weighted by Crippen LogP contribution is -2.44. The number of phenols is 2. The third kappa shape index (κ3) is 25.2. The molecule has 3 N–H and O–H groups in total. The maximum absolute atomic E-state index is 13.6. The number of hydrogen-bond donors (Lipinski definition) is 3. The molecule has 0 spiro atoms. The Morgan fingerprint density at radius 3 is 1.08 bits per heavy atom. The van der Waals surface area contributed by atoms with Gasteiger partial charge in [0.15, 0.2) is 0 Å². The summed E-state index contributed by atoms with van der Waals surface area (Å²) in [7, 11) is 1.31. The van der Waals surface area contributed by atoms with Crippen LogP contribution < -0.4 is 39.0 Å². The van der Waals surface area contributed by atoms with Crippen molar-refractivity contribution in [2.24, 2.45) is 0 Å². The molecule has 0 fully saturated rings. The van der Waals surface area contributed by atoms with Crippen LogP contribution in [0.25, 0.3) is 0 Å². The molecule has 88 heavy (non-hydrogen) atoms. The summed E-state index contributed by atoms with van der Waals surface area (Å²) < 4.78 is 153. The largest absolute Gasteiger partial charge is 0.508 e. The predicted molar refractivity (Wildman–Crippen MR) is 339 cm³/mol. The Labute approximate surface area is 556 Å². The van der Waals surface area contributed by atoms with E-state index in [4.69, 9.17) is 113 Å². The van der Waals surface area contributed by atoms with E-state index in [-0.39, 0.29) is 34.8 Å². The number of thiocarbonyl (C=S) groups is 3. The number of esters is 1. The summed E-state index contributed by atoms with van der Waals surface area (Å²) in [4.78, 5) is 18.2. The number of hydrogen-bond acceptors (Lipinski definition) is 14. The topological polar surface area (TPSA) is 125 Å². The fourth-order valence-corrected chi connectivity index (χ4v) is 8.75. The van der Waals surface area contributed by atoms with Crippen LogP contribution in [0.2, 0.25) is 0 Å². The van der Waals surface area contributed by atoms with Gasteiger partial charge in [-0.2, -0.15) is 17.6 Å². The molecule has 0 radical (unpaired) electrons. The third-order valence-corrected chi connectivity index (χ3v) is 12.6. The van der Waals surface area contributed by atoms with Crippen LogP contribution in [0.5, 0.6) is 34.5 Å². The van der Waals surface area contributed by atoms with Gasteiger partial charge in [0.2, 0.25) is 69.7 Å². The zero-order valence-electron chi connectivity index (χ0n) is 45.3. The van der Waals surface area contributed by atoms with E-state index in [2.05, 4.69) is 49.0 Å². The number of nitrogens with zero attached hydrogens (tertiary/aromatic N) is 3. The first kappa shape index (κ1) is 78.8. The molecule has 0 aliphatic carbocycles. The highest BCUT2D eigenvalue weighted by Crippen LogP contribution is 2.32. The van der Waals surface area contributed by atoms with Crippen LogP contribution in [0.1, 0.15) is 5.56 Å². The number of nitrogens with one attached hydrogen (secondary N) is 1. The molecular formula is C55H50Cl8F10N4O8S3. The zero-order valence-corrected chi connectivity index (χ0v) is 53.8. The summed E-state index contributed by atoms with van der Waals surface area (Å²) in [5, 5.41) is 20.6. The lowest BCUT2D eigenvalue weighted by molar-refractivity contribution is -0.142. The highest BCUT2D eigenvalue weighted by atomic mass is 35.5. The van der Waals surface area contributed by atoms with Gasteiger partial charge in [-0.25, -0.2) is 31.1 Å². The second kappa shape index (κ2) is 41.1. The number of anilines is 3. The summed E-state index contributed by atoms with van der Waals surface area (Å²) in [5.41, 5.74) is 3.62. The maximum Gasteiger partial charge on any atom is 0.363 e. The minimum atomic E-state index is -2.30. The molecule has 12 nitrogen and oxygen atoms in total. The molecule has 0 aliphatic heterocycles. The normalized spacial score (nSPS) is 10.7. The number of carbonyl (C=O) groups excluding carboxylic acids is 1. The number of benzene rings is 6. The number of carbonyl (C=O) groups is 1. The van der Waals surface area contributed by atoms with Gasteiger partial charge in [-0.15, -0.1) is 82.0 Å². The molecule has 0 saturated carbocycles. The van der Waals surface area contributed by atoms with Gasteiger partial charge in [0.05, 0.1) is 7.11 Å². The first-order valence-corrected chi connectivity index (χ1v) is 29.4. The zero-order chi connectivity index (χ0) is 64.9. The second-order valence-electron chi connectivity index (χ2n) is 16.7. The number of ether oxygens (including phenoxy) is 5. The smallest absolute Gasteiger partial charge is 0.363 e. The van der Waals surface area contributed by atoms with E-state index < -0.39 is 91.4 Å². The second-order valence-corrected chi connectivity index (χ2v) is 20.6. The molecule has 482 valence electrons. The van der Waals surface area contributed by atoms with Crippen molar-refractivity contribution in [1.29, 1.82) is 0 Å². The predicted octanol–water partition coefficient (Wildman–Crippen LogP) is 15.5. The van der Waals surface area contributed by atoms with Crippen LogP contribution in [0.4, 0.5) is 61.0 Å². The SMILES string of the molecule is COC(=O)[C@H](Cc1ccc(O)cc1)NC(=S)Oc1ccc(N(CCCl)CCCl)cc1.Cl.Fc1c(F)c(F)c(OC(=S)Cl)c(F)c1F.Fc1c(F)c(F)c(OC(=S)Oc2ccc(N(CCCl)CCCl)cc2)c(F)c1F.Oc1ccc(N(CCCl)CCCl)cc1. The average Bonchev–Trinajstić information content (AvgIpc) is 3.58. The van der Waals surface area contributed by atoms with Crippen molar-refractivity contribution < 1.29 is 82.6 Å². The summed E-state index contributed by atoms with van der Waals surface area (Å²) in [6.07, 6.45) is 0.321. The van der Waals surface area contributed by atoms with Crippen molar-refractivity contribution in [2.45, 2.75) is 12.5 Å². The van der Waals surface area contributed by atoms with Gasteiger partial charge in [0, 0.05) is 110 Å². The minimum Gasteiger partial charge on any atom is -0.508 e. The summed E-state index contributed by atoms with van der Waals surface area (Å²) in [5.74, 6) is -21.3. The molecule has 0 aliphatic rings. The number of halogens is 18. The van der Waals surface area contributed by atoms with E-state index in [0.29, 0.717) is 73.6 Å². The van der Waals surface area contributed by atoms with Crippen LogP contribution in [0.3, 0.4) is 0 Å². The molecule has 0 bridgehead atoms. The van der Waals surface area contributed by atoms with Gasteiger partial charge < -0.3 is 53.9 Å². The molecule has 6 aromatic carbocycles. The number of methoxy groups -OCH3 is 1. The molecule has 6 rings (SSSR count). The molecule has 33 heteroatoms. The summed E-state index contributed by atoms with van der Waals surface area (Å²) in [6.45, 7) is 4.00. The fraction of sp³-hybridized carbons (Fsp3) is 0.273. The van der Waals surface area contributed by atoms with E-state index in [1.54, 1.807) is 60.7 Å². The minimum absolute atomic E-state index is 0. The van der Waals surface area contributed by atoms with Crippen molar-refractivity contribution in [3.63, 3.8) is 0 Å². The molecule has 1 atom stereocenters. The first-order valence-electron chi connectivity index (χ1n) is 24.6. The third-order valence-electron chi connectivity index (χ3n) is 11.0. The van der Waals surface area contributed by atoms with E-state index in [1.165, 1.54) is 19.2 Å². The van der Waals surface area contributed by atoms with Crippen LogP contribution in [-0.2, 0) is 16.0 Å². The van der Waals surface area contributed by atoms with Crippen molar-refractivity contribution in [2.75, 3.05) is 96.4 Å². The Morgan fingerprint density at radius 2 is 0.761 bits per heavy atom. The quantitative estimate of drug-likeness (QED) is 0.0107. The Kier molecular flexibility index (Phi) is 36.8. The summed E-state index contributed by atoms with van der Waals surface area (Å²) >= 11 is 53.5. The van der Waals surface area contributed by atoms with Crippen molar-refractivity contribution in [3.05, 3.63) is 161 Å². The van der Waals surface area contributed by atoms with Crippen LogP contribution in [0, 0.1) is 58.2 Å². The van der Waals surface area contributed by atoms with Crippen molar-refractivity contribution >= 4 is 168 Å². The standard InChI is InChI=1S/C21H24Cl2N2O4S.C17H12Cl2F5NO2S.C10H13Cl2NO.C7ClF5OS.ClH/c1-28-20(27)19(14-15-2-6-17(26)7-3-15)24-21(30)29-18-8-4-16(5-9-18)25(12-10-22)13-11-23;18-5-7-25(8-6-19)9-1-3-10(4-2-9)26-17(28)27-16-14(23)12(21)11(20)13(22)15(16)24;11-5-7-13(8-6-12)9-1-3-10(14)4-2-9;8-7(15)14-6-4(12)2(10)1(9)3(11)5(6)13;/h2-9,19,26H,10-14H2,1H3,(H,24,30);1-4H,5-8H2;1-4,14H,5-8H2;;1H/t19-;;;;/m0..../s1. The van der Waals surface area contributed by atoms with Crippen molar-refractivity contribution in [1.82, 2.24) is 5.32 Å². The van der Waals surface area contributed by atoms with Crippen molar-refractivity contribution in [3.8, 4) is 34.5 Å². The molecule has 0 amide bonds. The maximum atomic E-state index is 13.6. The van der Waals surface area contributed by atoms with Gasteiger partial charge in [0.1, 0.15) is 29.0 Å². The number of aromatic hydroxyl groups is 2. The lowest BCUT2D eigenvalue weighted by Gasteiger charge is -2.23. The van der Waals surface area contributed by atoms with Gasteiger partial charge in [-0.05, 0) is 127 Å². The number of alkyl halides is 6. The van der Waals surface area contributed by atoms with Gasteiger partial charge in [-0.3, -0.25) is 0 Å². The fourth-order valence-electron chi connectivity index (χ4n) is 6.95. The molecular weight excluding hydrogens is 1410 g/mol. The lowest BCUT2D eigenvalue weighted by atomic mass is 10.1. The van der Waals surface area contributed by atoms with Gasteiger partial charge in [-0.1, -0.05) is 12.1 Å². The highest BCUT2D eigenvalue weighted by Gasteiger charge is 2.30. The Hall–Kier alpha value is -5.32. The van der Waals surface area contributed by atoms with Crippen LogP contribution in [0.15, 0.2) is 97.1 Å². The number of phenolic OH excluding ortho intramolecular Hbond substituents is 2. The Morgan fingerprint density at radius 1 is 0.466 bits per heavy atom. The molecule has 0 unspecified atom stereocenters. The molecule has 0 saturated heterocycles.